The van der Waals surface area contributed by atoms with Crippen LogP contribution in [0.25, 0.3) is 0 Å². The third-order valence-electron chi connectivity index (χ3n) is 2.06. The zero-order valence-electron chi connectivity index (χ0n) is 8.82. The summed E-state index contributed by atoms with van der Waals surface area (Å²) < 4.78 is 5.25. The summed E-state index contributed by atoms with van der Waals surface area (Å²) in [5.41, 5.74) is 0. The molecule has 14 heavy (non-hydrogen) atoms. The standard InChI is InChI=1S/C10H18N2O2/c1-12(2)10(13)14-9-5-3-4-7-11-8-6-9/h3,5,9,11H,4,6-8H2,1-2H3/t9-/m1/s1. The molecule has 0 spiro atoms. The summed E-state index contributed by atoms with van der Waals surface area (Å²) in [4.78, 5) is 12.7. The average Bonchev–Trinajstić information content (AvgIpc) is 2.08. The highest BCUT2D eigenvalue weighted by Gasteiger charge is 2.13. The molecule has 0 saturated heterocycles. The van der Waals surface area contributed by atoms with Gasteiger partial charge in [-0.2, -0.15) is 0 Å². The first kappa shape index (κ1) is 11.0. The highest BCUT2D eigenvalue weighted by molar-refractivity contribution is 5.67. The normalized spacial score (nSPS) is 22.3. The molecule has 1 aliphatic heterocycles. The first-order valence-electron chi connectivity index (χ1n) is 4.95. The minimum Gasteiger partial charge on any atom is -0.442 e. The highest BCUT2D eigenvalue weighted by Crippen LogP contribution is 2.05. The molecule has 1 amide bonds. The molecule has 4 heteroatoms. The van der Waals surface area contributed by atoms with Gasteiger partial charge in [0.1, 0.15) is 6.10 Å². The Morgan fingerprint density at radius 1 is 1.50 bits per heavy atom. The average molecular weight is 198 g/mol. The molecule has 4 nitrogen and oxygen atoms in total. The number of carbonyl (C=O) groups is 1. The van der Waals surface area contributed by atoms with Gasteiger partial charge in [-0.15, -0.1) is 0 Å². The summed E-state index contributed by atoms with van der Waals surface area (Å²) in [6.45, 7) is 1.90. The molecule has 0 aromatic rings. The van der Waals surface area contributed by atoms with E-state index in [2.05, 4.69) is 11.4 Å². The maximum absolute atomic E-state index is 11.3. The van der Waals surface area contributed by atoms with Crippen LogP contribution >= 0.6 is 0 Å². The van der Waals surface area contributed by atoms with Crippen LogP contribution in [0.3, 0.4) is 0 Å². The van der Waals surface area contributed by atoms with Crippen LogP contribution in [0, 0.1) is 0 Å². The molecule has 0 radical (unpaired) electrons. The molecule has 1 heterocycles. The van der Waals surface area contributed by atoms with E-state index in [4.69, 9.17) is 4.74 Å². The number of nitrogens with zero attached hydrogens (tertiary/aromatic N) is 1. The molecular formula is C10H18N2O2. The van der Waals surface area contributed by atoms with E-state index < -0.39 is 0 Å². The summed E-state index contributed by atoms with van der Waals surface area (Å²) in [6, 6.07) is 0. The number of carbonyl (C=O) groups excluding carboxylic acids is 1. The zero-order valence-corrected chi connectivity index (χ0v) is 8.82. The number of hydrogen-bond acceptors (Lipinski definition) is 3. The van der Waals surface area contributed by atoms with Gasteiger partial charge in [0.05, 0.1) is 0 Å². The summed E-state index contributed by atoms with van der Waals surface area (Å²) >= 11 is 0. The number of amides is 1. The topological polar surface area (TPSA) is 41.6 Å². The predicted octanol–water partition coefficient (Wildman–Crippen LogP) is 0.993. The van der Waals surface area contributed by atoms with Crippen molar-refractivity contribution in [3.63, 3.8) is 0 Å². The molecule has 0 aromatic carbocycles. The monoisotopic (exact) mass is 198 g/mol. The Hall–Kier alpha value is -1.03. The van der Waals surface area contributed by atoms with Gasteiger partial charge in [-0.05, 0) is 25.6 Å². The van der Waals surface area contributed by atoms with Crippen LogP contribution in [0.2, 0.25) is 0 Å². The van der Waals surface area contributed by atoms with E-state index in [9.17, 15) is 4.79 Å². The van der Waals surface area contributed by atoms with Crippen LogP contribution in [0.15, 0.2) is 12.2 Å². The van der Waals surface area contributed by atoms with Gasteiger partial charge in [0.25, 0.3) is 0 Å². The Labute approximate surface area is 84.9 Å². The van der Waals surface area contributed by atoms with Crippen LogP contribution in [-0.4, -0.2) is 44.3 Å². The minimum atomic E-state index is -0.278. The van der Waals surface area contributed by atoms with Crippen molar-refractivity contribution in [3.05, 3.63) is 12.2 Å². The Kier molecular flexibility index (Phi) is 4.46. The van der Waals surface area contributed by atoms with Crippen molar-refractivity contribution in [1.82, 2.24) is 10.2 Å². The van der Waals surface area contributed by atoms with Crippen molar-refractivity contribution in [1.29, 1.82) is 0 Å². The molecule has 0 saturated carbocycles. The summed E-state index contributed by atoms with van der Waals surface area (Å²) in [6.07, 6.45) is 5.51. The van der Waals surface area contributed by atoms with Crippen LogP contribution in [0.4, 0.5) is 4.79 Å². The summed E-state index contributed by atoms with van der Waals surface area (Å²) in [5, 5.41) is 3.26. The number of rotatable bonds is 1. The molecule has 1 atom stereocenters. The Balaban J connectivity index is 2.41. The fourth-order valence-corrected chi connectivity index (χ4v) is 1.23. The lowest BCUT2D eigenvalue weighted by molar-refractivity contribution is 0.0900. The van der Waals surface area contributed by atoms with Gasteiger partial charge in [-0.1, -0.05) is 6.08 Å². The van der Waals surface area contributed by atoms with Gasteiger partial charge in [0.15, 0.2) is 0 Å². The van der Waals surface area contributed by atoms with E-state index in [1.165, 1.54) is 4.90 Å². The predicted molar refractivity (Wildman–Crippen MR) is 55.2 cm³/mol. The highest BCUT2D eigenvalue weighted by atomic mass is 16.6. The first-order valence-corrected chi connectivity index (χ1v) is 4.95. The second kappa shape index (κ2) is 5.65. The fourth-order valence-electron chi connectivity index (χ4n) is 1.23. The van der Waals surface area contributed by atoms with Crippen LogP contribution in [0.5, 0.6) is 0 Å². The SMILES string of the molecule is CN(C)C(=O)O[C@@H]1C=CCCNCC1. The molecule has 1 aliphatic rings. The van der Waals surface area contributed by atoms with E-state index in [0.29, 0.717) is 0 Å². The molecule has 0 fully saturated rings. The van der Waals surface area contributed by atoms with Crippen molar-refractivity contribution in [2.24, 2.45) is 0 Å². The Bertz CT molecular complexity index is 214. The fraction of sp³-hybridized carbons (Fsp3) is 0.700. The van der Waals surface area contributed by atoms with Crippen molar-refractivity contribution in [2.75, 3.05) is 27.2 Å². The van der Waals surface area contributed by atoms with Crippen LogP contribution in [0.1, 0.15) is 12.8 Å². The second-order valence-corrected chi connectivity index (χ2v) is 3.57. The lowest BCUT2D eigenvalue weighted by Crippen LogP contribution is -2.30. The quantitative estimate of drug-likeness (QED) is 0.639. The summed E-state index contributed by atoms with van der Waals surface area (Å²) in [5.74, 6) is 0. The molecular weight excluding hydrogens is 180 g/mol. The van der Waals surface area contributed by atoms with E-state index in [1.807, 2.05) is 6.08 Å². The molecule has 0 bridgehead atoms. The van der Waals surface area contributed by atoms with Gasteiger partial charge in [0, 0.05) is 20.5 Å². The number of hydrogen-bond donors (Lipinski definition) is 1. The van der Waals surface area contributed by atoms with Gasteiger partial charge < -0.3 is 15.0 Å². The van der Waals surface area contributed by atoms with E-state index in [0.717, 1.165) is 25.9 Å². The zero-order chi connectivity index (χ0) is 10.4. The maximum atomic E-state index is 11.3. The lowest BCUT2D eigenvalue weighted by Gasteiger charge is -2.19. The smallest absolute Gasteiger partial charge is 0.409 e. The van der Waals surface area contributed by atoms with Gasteiger partial charge in [-0.25, -0.2) is 4.79 Å². The number of ether oxygens (including phenoxy) is 1. The largest absolute Gasteiger partial charge is 0.442 e. The van der Waals surface area contributed by atoms with Crippen molar-refractivity contribution < 1.29 is 9.53 Å². The van der Waals surface area contributed by atoms with Crippen LogP contribution < -0.4 is 5.32 Å². The van der Waals surface area contributed by atoms with E-state index in [-0.39, 0.29) is 12.2 Å². The molecule has 1 N–H and O–H groups in total. The Morgan fingerprint density at radius 2 is 2.29 bits per heavy atom. The third kappa shape index (κ3) is 3.79. The summed E-state index contributed by atoms with van der Waals surface area (Å²) in [7, 11) is 3.38. The molecule has 0 unspecified atom stereocenters. The van der Waals surface area contributed by atoms with E-state index >= 15 is 0 Å². The van der Waals surface area contributed by atoms with Crippen molar-refractivity contribution >= 4 is 6.09 Å². The third-order valence-corrected chi connectivity index (χ3v) is 2.06. The first-order chi connectivity index (χ1) is 6.70. The molecule has 0 aromatic heterocycles. The maximum Gasteiger partial charge on any atom is 0.409 e. The molecule has 0 aliphatic carbocycles. The Morgan fingerprint density at radius 3 is 3.00 bits per heavy atom. The molecule has 1 rings (SSSR count). The molecule has 80 valence electrons. The lowest BCUT2D eigenvalue weighted by atomic mass is 10.2. The van der Waals surface area contributed by atoms with Gasteiger partial charge in [0.2, 0.25) is 0 Å². The van der Waals surface area contributed by atoms with Crippen LogP contribution in [-0.2, 0) is 4.74 Å². The van der Waals surface area contributed by atoms with Crippen molar-refractivity contribution in [2.45, 2.75) is 18.9 Å². The van der Waals surface area contributed by atoms with Crippen molar-refractivity contribution in [3.8, 4) is 0 Å². The minimum absolute atomic E-state index is 0.0855. The van der Waals surface area contributed by atoms with Gasteiger partial charge >= 0.3 is 6.09 Å². The van der Waals surface area contributed by atoms with E-state index in [1.54, 1.807) is 14.1 Å². The van der Waals surface area contributed by atoms with Gasteiger partial charge in [-0.3, -0.25) is 0 Å². The second-order valence-electron chi connectivity index (χ2n) is 3.57. The number of nitrogens with one attached hydrogen (secondary N) is 1.